The van der Waals surface area contributed by atoms with Crippen molar-refractivity contribution in [2.24, 2.45) is 0 Å². The summed E-state index contributed by atoms with van der Waals surface area (Å²) in [6.07, 6.45) is 0. The van der Waals surface area contributed by atoms with Crippen molar-refractivity contribution in [3.8, 4) is 0 Å². The third-order valence-electron chi connectivity index (χ3n) is 0. The van der Waals surface area contributed by atoms with Gasteiger partial charge in [0.1, 0.15) is 0 Å². The van der Waals surface area contributed by atoms with Gasteiger partial charge in [0.2, 0.25) is 0 Å². The van der Waals surface area contributed by atoms with Crippen molar-refractivity contribution in [1.82, 2.24) is 0 Å². The maximum absolute atomic E-state index is 0. The molecule has 1 radical (unpaired) electrons. The zero-order valence-corrected chi connectivity index (χ0v) is 4.55. The standard InChI is InChI=1S/Al.Ca.Fe.Re.H4Si.5H/h;;;;1H4;;;;;. The Morgan fingerprint density at radius 2 is 1.00 bits per heavy atom. The maximum Gasteiger partial charge on any atom is 0 e. The van der Waals surface area contributed by atoms with Gasteiger partial charge in [-0.25, -0.2) is 0 Å². The Morgan fingerprint density at radius 1 is 1.00 bits per heavy atom. The molecule has 0 amide bonds. The van der Waals surface area contributed by atoms with E-state index in [0.29, 0.717) is 0 Å². The molecule has 0 aromatic rings. The fraction of sp³-hybridized carbons (Fsp3) is 0. The molecule has 0 heterocycles. The Labute approximate surface area is 102 Å². The molecular weight excluding hydrogens is 337 g/mol. The monoisotopic (exact) mass is 347 g/mol. The summed E-state index contributed by atoms with van der Waals surface area (Å²) < 4.78 is 0. The van der Waals surface area contributed by atoms with Crippen molar-refractivity contribution in [2.75, 3.05) is 0 Å². The van der Waals surface area contributed by atoms with Crippen molar-refractivity contribution < 1.29 is 37.5 Å². The molecule has 0 saturated heterocycles. The zero-order valence-electron chi connectivity index (χ0n) is 0.732. The van der Waals surface area contributed by atoms with E-state index in [1.54, 1.807) is 0 Å². The summed E-state index contributed by atoms with van der Waals surface area (Å²) in [5, 5.41) is 0. The predicted octanol–water partition coefficient (Wildman–Crippen LogP) is -3.56. The minimum Gasteiger partial charge on any atom is -0.0149 e. The van der Waals surface area contributed by atoms with E-state index >= 15 is 0 Å². The van der Waals surface area contributed by atoms with Gasteiger partial charge in [0.15, 0.2) is 17.4 Å². The molecule has 0 aliphatic heterocycles. The van der Waals surface area contributed by atoms with Crippen LogP contribution in [-0.2, 0) is 37.5 Å². The van der Waals surface area contributed by atoms with Gasteiger partial charge in [-0.05, 0) is 11.0 Å². The first-order chi connectivity index (χ1) is 0. The van der Waals surface area contributed by atoms with Gasteiger partial charge in [0, 0.05) is 37.5 Å². The molecule has 0 N–H and O–H groups in total. The normalized spacial score (nSPS) is 0. The molecule has 5 heteroatoms. The number of hydrogen-bond donors (Lipinski definition) is 0. The quantitative estimate of drug-likeness (QED) is 0.399. The van der Waals surface area contributed by atoms with Crippen LogP contribution in [0.15, 0.2) is 0 Å². The van der Waals surface area contributed by atoms with Crippen molar-refractivity contribution in [3.05, 3.63) is 0 Å². The molecule has 0 fully saturated rings. The van der Waals surface area contributed by atoms with E-state index in [0.717, 1.165) is 0 Å². The zero-order chi connectivity index (χ0) is 0. The fourth-order valence-electron chi connectivity index (χ4n) is 0. The molecule has 0 atom stereocenters. The molecule has 33 valence electrons. The summed E-state index contributed by atoms with van der Waals surface area (Å²) in [6.45, 7) is 0. The van der Waals surface area contributed by atoms with Gasteiger partial charge < -0.3 is 0 Å². The Bertz CT molecular complexity index is 11.6. The van der Waals surface area contributed by atoms with Crippen LogP contribution in [0.25, 0.3) is 0 Å². The Kier molecular flexibility index (Phi) is 225. The largest absolute Gasteiger partial charge is 0.0149 e. The Balaban J connectivity index is 0. The molecule has 0 saturated carbocycles. The first-order valence-corrected chi connectivity index (χ1v) is 0. The van der Waals surface area contributed by atoms with Crippen molar-refractivity contribution in [3.63, 3.8) is 0 Å². The third kappa shape index (κ3) is 19.0. The second-order valence-corrected chi connectivity index (χ2v) is 0. The van der Waals surface area contributed by atoms with Crippen LogP contribution in [0.3, 0.4) is 0 Å². The summed E-state index contributed by atoms with van der Waals surface area (Å²) in [5.74, 6) is 0. The summed E-state index contributed by atoms with van der Waals surface area (Å²) in [6, 6.07) is 0. The number of hydrogen-bond acceptors (Lipinski definition) is 0. The van der Waals surface area contributed by atoms with Crippen molar-refractivity contribution in [2.45, 2.75) is 0 Å². The van der Waals surface area contributed by atoms with Crippen LogP contribution >= 0.6 is 0 Å². The van der Waals surface area contributed by atoms with Crippen LogP contribution < -0.4 is 0 Å². The molecule has 0 spiro atoms. The van der Waals surface area contributed by atoms with Gasteiger partial charge in [-0.2, -0.15) is 0 Å². The van der Waals surface area contributed by atoms with E-state index in [-0.39, 0.29) is 104 Å². The molecular formula is H9AlCaFeReSi. The van der Waals surface area contributed by atoms with Gasteiger partial charge >= 0.3 is 37.7 Å². The van der Waals surface area contributed by atoms with Gasteiger partial charge in [0.25, 0.3) is 0 Å². The van der Waals surface area contributed by atoms with E-state index < -0.39 is 0 Å². The average molecular weight is 346 g/mol. The molecule has 0 rings (SSSR count). The van der Waals surface area contributed by atoms with E-state index in [1.807, 2.05) is 0 Å². The van der Waals surface area contributed by atoms with Gasteiger partial charge in [-0.1, -0.05) is 0 Å². The smallest absolute Gasteiger partial charge is 0 e. The molecule has 0 unspecified atom stereocenters. The van der Waals surface area contributed by atoms with E-state index in [2.05, 4.69) is 0 Å². The second kappa shape index (κ2) is 27.1. The second-order valence-electron chi connectivity index (χ2n) is 0. The van der Waals surface area contributed by atoms with Crippen LogP contribution in [0, 0.1) is 0 Å². The van der Waals surface area contributed by atoms with Gasteiger partial charge in [-0.3, -0.25) is 0 Å². The first-order valence-electron chi connectivity index (χ1n) is 0. The minimum absolute atomic E-state index is 0. The van der Waals surface area contributed by atoms with Crippen LogP contribution in [0.1, 0.15) is 0 Å². The van der Waals surface area contributed by atoms with Crippen molar-refractivity contribution >= 4 is 66.1 Å². The third-order valence-corrected chi connectivity index (χ3v) is 0. The van der Waals surface area contributed by atoms with Crippen LogP contribution in [0.2, 0.25) is 0 Å². The average Bonchev–Trinajstić information content (AvgIpc) is 0. The van der Waals surface area contributed by atoms with E-state index in [1.165, 1.54) is 0 Å². The molecule has 0 nitrogen and oxygen atoms in total. The molecule has 0 aromatic carbocycles. The Hall–Kier alpha value is 3.19. The van der Waals surface area contributed by atoms with Crippen LogP contribution in [0.4, 0.5) is 0 Å². The molecule has 5 heavy (non-hydrogen) atoms. The first kappa shape index (κ1) is 41.6. The summed E-state index contributed by atoms with van der Waals surface area (Å²) >= 11 is 0. The molecule has 0 aliphatic carbocycles. The SMILES string of the molecule is [AlH3].[CaH2].[Fe].[Re].[SiH4]. The summed E-state index contributed by atoms with van der Waals surface area (Å²) in [4.78, 5) is 0. The fourth-order valence-corrected chi connectivity index (χ4v) is 0. The van der Waals surface area contributed by atoms with Crippen LogP contribution in [-0.4, -0.2) is 66.1 Å². The topological polar surface area (TPSA) is 0 Å². The Morgan fingerprint density at radius 3 is 1.00 bits per heavy atom. The summed E-state index contributed by atoms with van der Waals surface area (Å²) in [7, 11) is 0. The van der Waals surface area contributed by atoms with Crippen molar-refractivity contribution in [1.29, 1.82) is 0 Å². The maximum atomic E-state index is 0. The molecule has 0 aromatic heterocycles. The molecule has 0 bridgehead atoms. The predicted molar refractivity (Wildman–Crippen MR) is 29.8 cm³/mol. The van der Waals surface area contributed by atoms with Gasteiger partial charge in [0.05, 0.1) is 0 Å². The number of rotatable bonds is 0. The molecule has 0 aliphatic rings. The van der Waals surface area contributed by atoms with E-state index in [9.17, 15) is 0 Å². The minimum atomic E-state index is 0. The summed E-state index contributed by atoms with van der Waals surface area (Å²) in [5.41, 5.74) is 0. The van der Waals surface area contributed by atoms with Gasteiger partial charge in [-0.15, -0.1) is 0 Å². The van der Waals surface area contributed by atoms with Crippen LogP contribution in [0.5, 0.6) is 0 Å². The van der Waals surface area contributed by atoms with E-state index in [4.69, 9.17) is 0 Å².